The first-order valence-electron chi connectivity index (χ1n) is 8.12. The fraction of sp³-hybridized carbons (Fsp3) is 0.556. The number of rotatable bonds is 8. The molecule has 2 amide bonds. The van der Waals surface area contributed by atoms with E-state index < -0.39 is 6.04 Å². The number of carbonyl (C=O) groups excluding carboxylic acids is 2. The molecule has 24 heavy (non-hydrogen) atoms. The van der Waals surface area contributed by atoms with Crippen LogP contribution >= 0.6 is 0 Å². The summed E-state index contributed by atoms with van der Waals surface area (Å²) in [5.41, 5.74) is 6.59. The van der Waals surface area contributed by atoms with Gasteiger partial charge in [-0.1, -0.05) is 39.8 Å². The number of hydrogen-bond donors (Lipinski definition) is 3. The summed E-state index contributed by atoms with van der Waals surface area (Å²) in [5, 5.41) is 5.41. The van der Waals surface area contributed by atoms with Crippen molar-refractivity contribution in [2.24, 2.45) is 11.7 Å². The zero-order chi connectivity index (χ0) is 18.3. The van der Waals surface area contributed by atoms with Crippen LogP contribution in [0.3, 0.4) is 0 Å². The highest BCUT2D eigenvalue weighted by Gasteiger charge is 2.22. The summed E-state index contributed by atoms with van der Waals surface area (Å²) < 4.78 is 5.15. The summed E-state index contributed by atoms with van der Waals surface area (Å²) in [6.45, 7) is 8.20. The van der Waals surface area contributed by atoms with Crippen LogP contribution in [0.15, 0.2) is 24.3 Å². The first-order valence-corrected chi connectivity index (χ1v) is 8.12. The average molecular weight is 335 g/mol. The van der Waals surface area contributed by atoms with Gasteiger partial charge in [-0.25, -0.2) is 0 Å². The second kappa shape index (κ2) is 8.68. The Bertz CT molecular complexity index is 553. The van der Waals surface area contributed by atoms with Gasteiger partial charge in [0, 0.05) is 12.0 Å². The maximum Gasteiger partial charge on any atom is 0.239 e. The third-order valence-corrected chi connectivity index (χ3v) is 4.04. The molecule has 1 aromatic carbocycles. The molecule has 1 rings (SSSR count). The summed E-state index contributed by atoms with van der Waals surface area (Å²) >= 11 is 0. The highest BCUT2D eigenvalue weighted by atomic mass is 16.5. The van der Waals surface area contributed by atoms with Crippen LogP contribution in [0.25, 0.3) is 0 Å². The van der Waals surface area contributed by atoms with Gasteiger partial charge in [0.2, 0.25) is 11.8 Å². The van der Waals surface area contributed by atoms with Crippen LogP contribution in [-0.4, -0.2) is 38.1 Å². The smallest absolute Gasteiger partial charge is 0.239 e. The molecular formula is C18H29N3O3. The van der Waals surface area contributed by atoms with Gasteiger partial charge in [-0.3, -0.25) is 9.59 Å². The van der Waals surface area contributed by atoms with Crippen LogP contribution in [0.4, 0.5) is 0 Å². The summed E-state index contributed by atoms with van der Waals surface area (Å²) in [5.74, 6) is 0.278. The first-order chi connectivity index (χ1) is 11.2. The minimum absolute atomic E-state index is 0.0297. The first kappa shape index (κ1) is 20.0. The Morgan fingerprint density at radius 3 is 2.25 bits per heavy atom. The fourth-order valence-electron chi connectivity index (χ4n) is 2.11. The number of carbonyl (C=O) groups is 2. The molecule has 4 N–H and O–H groups in total. The monoisotopic (exact) mass is 335 g/mol. The quantitative estimate of drug-likeness (QED) is 0.665. The predicted molar refractivity (Wildman–Crippen MR) is 94.9 cm³/mol. The standard InChI is InChI=1S/C18H29N3O3/c1-12(2)16(19)17(23)20-10-15(22)21-11-18(3,4)13-6-8-14(24-5)9-7-13/h6-9,12,16H,10-11,19H2,1-5H3,(H,20,23)(H,21,22)/t16-/m0/s1. The molecule has 0 aromatic heterocycles. The van der Waals surface area contributed by atoms with Crippen molar-refractivity contribution in [1.29, 1.82) is 0 Å². The summed E-state index contributed by atoms with van der Waals surface area (Å²) in [6.07, 6.45) is 0. The minimum Gasteiger partial charge on any atom is -0.497 e. The third-order valence-electron chi connectivity index (χ3n) is 4.04. The van der Waals surface area contributed by atoms with Crippen molar-refractivity contribution in [3.05, 3.63) is 29.8 Å². The number of hydrogen-bond acceptors (Lipinski definition) is 4. The van der Waals surface area contributed by atoms with Crippen LogP contribution < -0.4 is 21.1 Å². The molecule has 0 bridgehead atoms. The molecule has 0 unspecified atom stereocenters. The van der Waals surface area contributed by atoms with Gasteiger partial charge >= 0.3 is 0 Å². The Kier molecular flexibility index (Phi) is 7.22. The number of amides is 2. The van der Waals surface area contributed by atoms with E-state index in [1.807, 2.05) is 52.0 Å². The number of nitrogens with one attached hydrogen (secondary N) is 2. The van der Waals surface area contributed by atoms with Gasteiger partial charge < -0.3 is 21.1 Å². The molecule has 0 spiro atoms. The lowest BCUT2D eigenvalue weighted by atomic mass is 9.84. The van der Waals surface area contributed by atoms with Gasteiger partial charge in [-0.15, -0.1) is 0 Å². The van der Waals surface area contributed by atoms with Gasteiger partial charge in [-0.2, -0.15) is 0 Å². The Morgan fingerprint density at radius 2 is 1.75 bits per heavy atom. The van der Waals surface area contributed by atoms with Gasteiger partial charge in [0.15, 0.2) is 0 Å². The molecule has 6 heteroatoms. The largest absolute Gasteiger partial charge is 0.497 e. The van der Waals surface area contributed by atoms with E-state index in [0.717, 1.165) is 11.3 Å². The van der Waals surface area contributed by atoms with Crippen LogP contribution in [-0.2, 0) is 15.0 Å². The Balaban J connectivity index is 2.48. The zero-order valence-electron chi connectivity index (χ0n) is 15.2. The predicted octanol–water partition coefficient (Wildman–Crippen LogP) is 1.19. The van der Waals surface area contributed by atoms with E-state index >= 15 is 0 Å². The van der Waals surface area contributed by atoms with E-state index in [1.165, 1.54) is 0 Å². The molecule has 0 aliphatic carbocycles. The molecule has 1 atom stereocenters. The third kappa shape index (κ3) is 5.85. The maximum atomic E-state index is 11.9. The number of benzene rings is 1. The Labute approximate surface area is 144 Å². The van der Waals surface area contributed by atoms with Crippen LogP contribution in [0.2, 0.25) is 0 Å². The topological polar surface area (TPSA) is 93.5 Å². The molecule has 0 heterocycles. The highest BCUT2D eigenvalue weighted by molar-refractivity contribution is 5.87. The van der Waals surface area contributed by atoms with Gasteiger partial charge in [0.05, 0.1) is 19.7 Å². The Morgan fingerprint density at radius 1 is 1.17 bits per heavy atom. The van der Waals surface area contributed by atoms with Crippen molar-refractivity contribution >= 4 is 11.8 Å². The van der Waals surface area contributed by atoms with Crippen molar-refractivity contribution < 1.29 is 14.3 Å². The average Bonchev–Trinajstić information content (AvgIpc) is 2.57. The van der Waals surface area contributed by atoms with E-state index in [4.69, 9.17) is 10.5 Å². The lowest BCUT2D eigenvalue weighted by Gasteiger charge is -2.26. The molecule has 0 aliphatic heterocycles. The second-order valence-corrected chi connectivity index (χ2v) is 6.88. The van der Waals surface area contributed by atoms with E-state index in [1.54, 1.807) is 7.11 Å². The summed E-state index contributed by atoms with van der Waals surface area (Å²) in [7, 11) is 1.62. The summed E-state index contributed by atoms with van der Waals surface area (Å²) in [4.78, 5) is 23.7. The number of methoxy groups -OCH3 is 1. The minimum atomic E-state index is -0.603. The molecule has 1 aromatic rings. The molecule has 6 nitrogen and oxygen atoms in total. The van der Waals surface area contributed by atoms with Gasteiger partial charge in [0.1, 0.15) is 5.75 Å². The summed E-state index contributed by atoms with van der Waals surface area (Å²) in [6, 6.07) is 7.15. The molecule has 134 valence electrons. The van der Waals surface area contributed by atoms with E-state index in [0.29, 0.717) is 6.54 Å². The van der Waals surface area contributed by atoms with Crippen LogP contribution in [0.5, 0.6) is 5.75 Å². The van der Waals surface area contributed by atoms with Crippen molar-refractivity contribution in [3.63, 3.8) is 0 Å². The fourth-order valence-corrected chi connectivity index (χ4v) is 2.11. The van der Waals surface area contributed by atoms with Crippen LogP contribution in [0.1, 0.15) is 33.3 Å². The normalized spacial score (nSPS) is 12.6. The number of nitrogens with two attached hydrogens (primary N) is 1. The molecule has 0 fully saturated rings. The van der Waals surface area contributed by atoms with Crippen molar-refractivity contribution in [3.8, 4) is 5.75 Å². The lowest BCUT2D eigenvalue weighted by molar-refractivity contribution is -0.127. The van der Waals surface area contributed by atoms with E-state index in [-0.39, 0.29) is 29.7 Å². The molecule has 0 aliphatic rings. The van der Waals surface area contributed by atoms with Gasteiger partial charge in [-0.05, 0) is 23.6 Å². The van der Waals surface area contributed by atoms with Crippen molar-refractivity contribution in [2.45, 2.75) is 39.2 Å². The van der Waals surface area contributed by atoms with Gasteiger partial charge in [0.25, 0.3) is 0 Å². The van der Waals surface area contributed by atoms with Crippen LogP contribution in [0, 0.1) is 5.92 Å². The SMILES string of the molecule is COc1ccc(C(C)(C)CNC(=O)CNC(=O)[C@@H](N)C(C)C)cc1. The molecular weight excluding hydrogens is 306 g/mol. The molecule has 0 saturated carbocycles. The zero-order valence-corrected chi connectivity index (χ0v) is 15.2. The molecule has 0 radical (unpaired) electrons. The highest BCUT2D eigenvalue weighted by Crippen LogP contribution is 2.24. The maximum absolute atomic E-state index is 11.9. The van der Waals surface area contributed by atoms with E-state index in [9.17, 15) is 9.59 Å². The number of ether oxygens (including phenoxy) is 1. The van der Waals surface area contributed by atoms with Crippen molar-refractivity contribution in [1.82, 2.24) is 10.6 Å². The lowest BCUT2D eigenvalue weighted by Crippen LogP contribution is -2.48. The van der Waals surface area contributed by atoms with Crippen molar-refractivity contribution in [2.75, 3.05) is 20.2 Å². The van der Waals surface area contributed by atoms with E-state index in [2.05, 4.69) is 10.6 Å². The molecule has 0 saturated heterocycles. The Hall–Kier alpha value is -2.08. The second-order valence-electron chi connectivity index (χ2n) is 6.88.